The standard InChI is InChI=1S/C19H17ClO4/c1-12(18(20)22)11-14-7-9-15(10-8-14)13(2)24-19(23)16-5-3-4-6-17(16)21/h3-10,13,21H,1,11H2,2H3. The summed E-state index contributed by atoms with van der Waals surface area (Å²) >= 11 is 5.37. The van der Waals surface area contributed by atoms with E-state index in [1.54, 1.807) is 19.1 Å². The molecule has 1 unspecified atom stereocenters. The summed E-state index contributed by atoms with van der Waals surface area (Å²) in [5, 5.41) is 9.13. The van der Waals surface area contributed by atoms with E-state index in [0.717, 1.165) is 11.1 Å². The maximum atomic E-state index is 12.1. The van der Waals surface area contributed by atoms with Gasteiger partial charge in [0.15, 0.2) is 0 Å². The lowest BCUT2D eigenvalue weighted by Crippen LogP contribution is -2.09. The molecule has 0 bridgehead atoms. The van der Waals surface area contributed by atoms with Crippen molar-refractivity contribution >= 4 is 22.8 Å². The van der Waals surface area contributed by atoms with Gasteiger partial charge in [-0.2, -0.15) is 0 Å². The highest BCUT2D eigenvalue weighted by atomic mass is 35.5. The van der Waals surface area contributed by atoms with Crippen LogP contribution in [0, 0.1) is 0 Å². The third-order valence-corrected chi connectivity index (χ3v) is 3.82. The number of aromatic hydroxyl groups is 1. The summed E-state index contributed by atoms with van der Waals surface area (Å²) in [6.07, 6.45) is -0.113. The van der Waals surface area contributed by atoms with Gasteiger partial charge in [-0.25, -0.2) is 4.79 Å². The quantitative estimate of drug-likeness (QED) is 0.485. The van der Waals surface area contributed by atoms with Crippen molar-refractivity contribution in [3.8, 4) is 5.75 Å². The number of rotatable bonds is 6. The molecular formula is C19H17ClO4. The average molecular weight is 345 g/mol. The molecule has 4 nitrogen and oxygen atoms in total. The SMILES string of the molecule is C=C(Cc1ccc(C(C)OC(=O)c2ccccc2O)cc1)C(=O)Cl. The summed E-state index contributed by atoms with van der Waals surface area (Å²) in [4.78, 5) is 23.1. The van der Waals surface area contributed by atoms with Crippen LogP contribution in [0.4, 0.5) is 0 Å². The monoisotopic (exact) mass is 344 g/mol. The topological polar surface area (TPSA) is 63.6 Å². The third-order valence-electron chi connectivity index (χ3n) is 3.55. The van der Waals surface area contributed by atoms with E-state index in [9.17, 15) is 14.7 Å². The molecule has 1 atom stereocenters. The molecule has 1 N–H and O–H groups in total. The Morgan fingerprint density at radius 3 is 2.38 bits per heavy atom. The lowest BCUT2D eigenvalue weighted by Gasteiger charge is -2.14. The summed E-state index contributed by atoms with van der Waals surface area (Å²) < 4.78 is 5.37. The second-order valence-corrected chi connectivity index (χ2v) is 5.70. The molecule has 2 aromatic carbocycles. The van der Waals surface area contributed by atoms with Crippen LogP contribution in [0.1, 0.15) is 34.5 Å². The second kappa shape index (κ2) is 7.79. The predicted octanol–water partition coefficient (Wildman–Crippen LogP) is 4.17. The molecule has 0 fully saturated rings. The number of halogens is 1. The van der Waals surface area contributed by atoms with E-state index in [1.165, 1.54) is 12.1 Å². The molecule has 0 saturated carbocycles. The van der Waals surface area contributed by atoms with Gasteiger partial charge in [0.05, 0.1) is 0 Å². The van der Waals surface area contributed by atoms with E-state index >= 15 is 0 Å². The number of carbonyl (C=O) groups is 2. The second-order valence-electron chi connectivity index (χ2n) is 5.36. The number of phenols is 1. The molecule has 0 aliphatic rings. The van der Waals surface area contributed by atoms with Crippen molar-refractivity contribution in [1.29, 1.82) is 0 Å². The van der Waals surface area contributed by atoms with E-state index in [1.807, 2.05) is 24.3 Å². The van der Waals surface area contributed by atoms with Gasteiger partial charge in [-0.05, 0) is 41.8 Å². The zero-order chi connectivity index (χ0) is 17.7. The Hall–Kier alpha value is -2.59. The van der Waals surface area contributed by atoms with Crippen LogP contribution in [0.2, 0.25) is 0 Å². The lowest BCUT2D eigenvalue weighted by atomic mass is 10.0. The van der Waals surface area contributed by atoms with Gasteiger partial charge in [-0.3, -0.25) is 4.79 Å². The van der Waals surface area contributed by atoms with E-state index in [4.69, 9.17) is 16.3 Å². The van der Waals surface area contributed by atoms with Crippen LogP contribution in [0.25, 0.3) is 0 Å². The van der Waals surface area contributed by atoms with Crippen molar-refractivity contribution in [2.75, 3.05) is 0 Å². The Kier molecular flexibility index (Phi) is 5.77. The summed E-state index contributed by atoms with van der Waals surface area (Å²) in [7, 11) is 0. The van der Waals surface area contributed by atoms with Gasteiger partial charge in [-0.1, -0.05) is 43.0 Å². The Morgan fingerprint density at radius 2 is 1.79 bits per heavy atom. The van der Waals surface area contributed by atoms with Crippen LogP contribution in [-0.2, 0) is 16.0 Å². The number of benzene rings is 2. The van der Waals surface area contributed by atoms with Gasteiger partial charge < -0.3 is 9.84 Å². The molecule has 0 spiro atoms. The first kappa shape index (κ1) is 17.8. The maximum Gasteiger partial charge on any atom is 0.342 e. The fourth-order valence-electron chi connectivity index (χ4n) is 2.16. The molecule has 24 heavy (non-hydrogen) atoms. The van der Waals surface area contributed by atoms with Crippen LogP contribution in [-0.4, -0.2) is 16.3 Å². The number of phenolic OH excluding ortho intramolecular Hbond substituents is 1. The summed E-state index contributed by atoms with van der Waals surface area (Å²) in [5.74, 6) is -0.708. The normalized spacial score (nSPS) is 11.6. The minimum atomic E-state index is -0.592. The highest BCUT2D eigenvalue weighted by Crippen LogP contribution is 2.23. The minimum Gasteiger partial charge on any atom is -0.507 e. The van der Waals surface area contributed by atoms with Gasteiger partial charge in [0, 0.05) is 12.0 Å². The summed E-state index contributed by atoms with van der Waals surface area (Å²) in [6, 6.07) is 13.5. The van der Waals surface area contributed by atoms with Crippen molar-refractivity contribution < 1.29 is 19.4 Å². The Morgan fingerprint density at radius 1 is 1.17 bits per heavy atom. The van der Waals surface area contributed by atoms with Crippen molar-refractivity contribution in [1.82, 2.24) is 0 Å². The highest BCUT2D eigenvalue weighted by molar-refractivity contribution is 6.67. The number of carbonyl (C=O) groups excluding carboxylic acids is 2. The lowest BCUT2D eigenvalue weighted by molar-refractivity contribution is -0.108. The van der Waals surface area contributed by atoms with E-state index in [0.29, 0.717) is 12.0 Å². The number of hydrogen-bond donors (Lipinski definition) is 1. The van der Waals surface area contributed by atoms with Crippen LogP contribution in [0.15, 0.2) is 60.7 Å². The minimum absolute atomic E-state index is 0.116. The molecule has 0 saturated heterocycles. The molecule has 0 heterocycles. The maximum absolute atomic E-state index is 12.1. The molecule has 0 aromatic heterocycles. The summed E-state index contributed by atoms with van der Waals surface area (Å²) in [5.41, 5.74) is 2.13. The number of esters is 1. The smallest absolute Gasteiger partial charge is 0.342 e. The number of ether oxygens (including phenoxy) is 1. The summed E-state index contributed by atoms with van der Waals surface area (Å²) in [6.45, 7) is 5.36. The van der Waals surface area contributed by atoms with Gasteiger partial charge in [0.1, 0.15) is 17.4 Å². The van der Waals surface area contributed by atoms with E-state index in [2.05, 4.69) is 6.58 Å². The molecule has 0 amide bonds. The number of allylic oxidation sites excluding steroid dienone is 1. The first-order valence-electron chi connectivity index (χ1n) is 7.34. The third kappa shape index (κ3) is 4.46. The predicted molar refractivity (Wildman–Crippen MR) is 92.1 cm³/mol. The molecule has 2 rings (SSSR count). The molecular weight excluding hydrogens is 328 g/mol. The van der Waals surface area contributed by atoms with Crippen molar-refractivity contribution in [3.63, 3.8) is 0 Å². The molecule has 0 aliphatic heterocycles. The first-order chi connectivity index (χ1) is 11.4. The highest BCUT2D eigenvalue weighted by Gasteiger charge is 2.16. The van der Waals surface area contributed by atoms with Crippen LogP contribution < -0.4 is 0 Å². The van der Waals surface area contributed by atoms with E-state index in [-0.39, 0.29) is 11.3 Å². The van der Waals surface area contributed by atoms with Gasteiger partial charge in [0.2, 0.25) is 5.24 Å². The molecule has 124 valence electrons. The van der Waals surface area contributed by atoms with Crippen molar-refractivity contribution in [2.24, 2.45) is 0 Å². The molecule has 2 aromatic rings. The Balaban J connectivity index is 2.04. The Bertz CT molecular complexity index is 765. The number of hydrogen-bond acceptors (Lipinski definition) is 4. The van der Waals surface area contributed by atoms with Gasteiger partial charge in [0.25, 0.3) is 0 Å². The Labute approximate surface area is 145 Å². The zero-order valence-corrected chi connectivity index (χ0v) is 13.9. The van der Waals surface area contributed by atoms with Crippen LogP contribution >= 0.6 is 11.6 Å². The van der Waals surface area contributed by atoms with E-state index < -0.39 is 17.3 Å². The number of para-hydroxylation sites is 1. The fraction of sp³-hybridized carbons (Fsp3) is 0.158. The first-order valence-corrected chi connectivity index (χ1v) is 7.71. The molecule has 0 aliphatic carbocycles. The fourth-order valence-corrected chi connectivity index (χ4v) is 2.23. The van der Waals surface area contributed by atoms with Crippen LogP contribution in [0.5, 0.6) is 5.75 Å². The van der Waals surface area contributed by atoms with Crippen molar-refractivity contribution in [3.05, 3.63) is 77.4 Å². The van der Waals surface area contributed by atoms with Crippen molar-refractivity contribution in [2.45, 2.75) is 19.4 Å². The van der Waals surface area contributed by atoms with Gasteiger partial charge in [-0.15, -0.1) is 0 Å². The van der Waals surface area contributed by atoms with Gasteiger partial charge >= 0.3 is 5.97 Å². The average Bonchev–Trinajstić information content (AvgIpc) is 2.55. The zero-order valence-electron chi connectivity index (χ0n) is 13.2. The van der Waals surface area contributed by atoms with Crippen LogP contribution in [0.3, 0.4) is 0 Å². The molecule has 5 heteroatoms. The largest absolute Gasteiger partial charge is 0.507 e. The molecule has 0 radical (unpaired) electrons.